The van der Waals surface area contributed by atoms with Gasteiger partial charge < -0.3 is 10.5 Å². The Balaban J connectivity index is 1.94. The van der Waals surface area contributed by atoms with Crippen LogP contribution in [0, 0.1) is 0 Å². The number of aryl methyl sites for hydroxylation is 1. The Kier molecular flexibility index (Phi) is 5.45. The third kappa shape index (κ3) is 4.87. The fraction of sp³-hybridized carbons (Fsp3) is 0.294. The quantitative estimate of drug-likeness (QED) is 0.865. The number of hydrogen-bond acceptors (Lipinski definition) is 2. The molecular formula is C17H20ClNO. The lowest BCUT2D eigenvalue weighted by Crippen LogP contribution is -2.15. The molecule has 0 fully saturated rings. The van der Waals surface area contributed by atoms with Crippen molar-refractivity contribution < 1.29 is 4.74 Å². The van der Waals surface area contributed by atoms with Crippen LogP contribution in [0.5, 0.6) is 5.75 Å². The summed E-state index contributed by atoms with van der Waals surface area (Å²) in [5, 5.41) is 0.733. The van der Waals surface area contributed by atoms with Crippen molar-refractivity contribution in [3.63, 3.8) is 0 Å². The van der Waals surface area contributed by atoms with Gasteiger partial charge >= 0.3 is 0 Å². The van der Waals surface area contributed by atoms with Gasteiger partial charge in [0.1, 0.15) is 12.4 Å². The molecule has 2 N–H and O–H groups in total. The standard InChI is InChI=1S/C17H20ClNO/c1-13(19)8-9-14-4-3-7-17(11-14)20-12-15-5-2-6-16(18)10-15/h2-7,10-11,13H,8-9,12,19H2,1H3. The van der Waals surface area contributed by atoms with E-state index >= 15 is 0 Å². The highest BCUT2D eigenvalue weighted by atomic mass is 35.5. The number of ether oxygens (including phenoxy) is 1. The summed E-state index contributed by atoms with van der Waals surface area (Å²) in [7, 11) is 0. The molecule has 2 rings (SSSR count). The van der Waals surface area contributed by atoms with Crippen molar-refractivity contribution in [3.05, 3.63) is 64.7 Å². The molecule has 2 nitrogen and oxygen atoms in total. The van der Waals surface area contributed by atoms with E-state index in [1.54, 1.807) is 0 Å². The Morgan fingerprint density at radius 3 is 2.60 bits per heavy atom. The lowest BCUT2D eigenvalue weighted by Gasteiger charge is -2.09. The summed E-state index contributed by atoms with van der Waals surface area (Å²) in [6.45, 7) is 2.55. The molecular weight excluding hydrogens is 270 g/mol. The molecule has 0 radical (unpaired) electrons. The Morgan fingerprint density at radius 2 is 1.85 bits per heavy atom. The van der Waals surface area contributed by atoms with Gasteiger partial charge in [-0.25, -0.2) is 0 Å². The summed E-state index contributed by atoms with van der Waals surface area (Å²) >= 11 is 5.96. The van der Waals surface area contributed by atoms with Crippen molar-refractivity contribution in [2.75, 3.05) is 0 Å². The zero-order valence-corrected chi connectivity index (χ0v) is 12.4. The normalized spacial score (nSPS) is 12.2. The fourth-order valence-electron chi connectivity index (χ4n) is 1.98. The largest absolute Gasteiger partial charge is 0.489 e. The molecule has 1 unspecified atom stereocenters. The minimum absolute atomic E-state index is 0.228. The van der Waals surface area contributed by atoms with Crippen LogP contribution in [0.25, 0.3) is 0 Å². The van der Waals surface area contributed by atoms with Crippen molar-refractivity contribution in [2.24, 2.45) is 5.73 Å². The molecule has 2 aromatic rings. The van der Waals surface area contributed by atoms with Crippen molar-refractivity contribution in [3.8, 4) is 5.75 Å². The highest BCUT2D eigenvalue weighted by Crippen LogP contribution is 2.18. The second kappa shape index (κ2) is 7.32. The summed E-state index contributed by atoms with van der Waals surface area (Å²) < 4.78 is 5.80. The third-order valence-electron chi connectivity index (χ3n) is 3.08. The first-order chi connectivity index (χ1) is 9.63. The molecule has 0 saturated heterocycles. The number of halogens is 1. The zero-order chi connectivity index (χ0) is 14.4. The number of rotatable bonds is 6. The van der Waals surface area contributed by atoms with E-state index in [0.29, 0.717) is 6.61 Å². The van der Waals surface area contributed by atoms with Gasteiger partial charge in [-0.3, -0.25) is 0 Å². The molecule has 0 heterocycles. The molecule has 20 heavy (non-hydrogen) atoms. The molecule has 0 aliphatic heterocycles. The summed E-state index contributed by atoms with van der Waals surface area (Å²) in [5.41, 5.74) is 8.11. The molecule has 0 aromatic heterocycles. The number of benzene rings is 2. The molecule has 3 heteroatoms. The van der Waals surface area contributed by atoms with Crippen molar-refractivity contribution in [1.82, 2.24) is 0 Å². The predicted molar refractivity (Wildman–Crippen MR) is 84.2 cm³/mol. The average molecular weight is 290 g/mol. The van der Waals surface area contributed by atoms with E-state index in [0.717, 1.165) is 29.2 Å². The van der Waals surface area contributed by atoms with Crippen molar-refractivity contribution >= 4 is 11.6 Å². The van der Waals surface area contributed by atoms with Gasteiger partial charge in [-0.2, -0.15) is 0 Å². The van der Waals surface area contributed by atoms with Gasteiger partial charge in [0.05, 0.1) is 0 Å². The van der Waals surface area contributed by atoms with Gasteiger partial charge in [0.2, 0.25) is 0 Å². The van der Waals surface area contributed by atoms with E-state index in [9.17, 15) is 0 Å². The van der Waals surface area contributed by atoms with Crippen molar-refractivity contribution in [2.45, 2.75) is 32.4 Å². The van der Waals surface area contributed by atoms with Crippen LogP contribution in [-0.4, -0.2) is 6.04 Å². The average Bonchev–Trinajstić information content (AvgIpc) is 2.43. The van der Waals surface area contributed by atoms with E-state index in [-0.39, 0.29) is 6.04 Å². The molecule has 0 aliphatic carbocycles. The second-order valence-electron chi connectivity index (χ2n) is 5.08. The lowest BCUT2D eigenvalue weighted by atomic mass is 10.1. The number of nitrogens with two attached hydrogens (primary N) is 1. The van der Waals surface area contributed by atoms with E-state index in [1.807, 2.05) is 43.3 Å². The first kappa shape index (κ1) is 14.9. The lowest BCUT2D eigenvalue weighted by molar-refractivity contribution is 0.306. The molecule has 0 spiro atoms. The maximum atomic E-state index is 5.96. The van der Waals surface area contributed by atoms with Crippen LogP contribution in [0.4, 0.5) is 0 Å². The SMILES string of the molecule is CC(N)CCc1cccc(OCc2cccc(Cl)c2)c1. The van der Waals surface area contributed by atoms with Gasteiger partial charge in [0.25, 0.3) is 0 Å². The van der Waals surface area contributed by atoms with E-state index in [4.69, 9.17) is 22.1 Å². The molecule has 0 bridgehead atoms. The van der Waals surface area contributed by atoms with E-state index < -0.39 is 0 Å². The molecule has 0 saturated carbocycles. The summed E-state index contributed by atoms with van der Waals surface area (Å²) in [6, 6.07) is 16.1. The maximum Gasteiger partial charge on any atom is 0.120 e. The van der Waals surface area contributed by atoms with Gasteiger partial charge in [-0.15, -0.1) is 0 Å². The van der Waals surface area contributed by atoms with Crippen LogP contribution in [0.3, 0.4) is 0 Å². The Hall–Kier alpha value is -1.51. The van der Waals surface area contributed by atoms with Gasteiger partial charge in [-0.1, -0.05) is 35.9 Å². The van der Waals surface area contributed by atoms with Crippen LogP contribution in [0.1, 0.15) is 24.5 Å². The van der Waals surface area contributed by atoms with Crippen LogP contribution < -0.4 is 10.5 Å². The molecule has 2 aromatic carbocycles. The molecule has 1 atom stereocenters. The summed E-state index contributed by atoms with van der Waals surface area (Å²) in [5.74, 6) is 0.882. The Bertz CT molecular complexity index is 554. The Morgan fingerprint density at radius 1 is 1.10 bits per heavy atom. The van der Waals surface area contributed by atoms with E-state index in [1.165, 1.54) is 5.56 Å². The third-order valence-corrected chi connectivity index (χ3v) is 3.32. The fourth-order valence-corrected chi connectivity index (χ4v) is 2.19. The minimum atomic E-state index is 0.228. The predicted octanol–water partition coefficient (Wildman–Crippen LogP) is 4.20. The highest BCUT2D eigenvalue weighted by Gasteiger charge is 2.01. The van der Waals surface area contributed by atoms with Gasteiger partial charge in [0.15, 0.2) is 0 Å². The summed E-state index contributed by atoms with van der Waals surface area (Å²) in [4.78, 5) is 0. The van der Waals surface area contributed by atoms with Crippen molar-refractivity contribution in [1.29, 1.82) is 0 Å². The second-order valence-corrected chi connectivity index (χ2v) is 5.52. The van der Waals surface area contributed by atoms with Crippen LogP contribution in [0.15, 0.2) is 48.5 Å². The van der Waals surface area contributed by atoms with Gasteiger partial charge in [-0.05, 0) is 55.2 Å². The number of hydrogen-bond donors (Lipinski definition) is 1. The van der Waals surface area contributed by atoms with Gasteiger partial charge in [0, 0.05) is 11.1 Å². The maximum absolute atomic E-state index is 5.96. The van der Waals surface area contributed by atoms with Crippen LogP contribution >= 0.6 is 11.6 Å². The molecule has 106 valence electrons. The van der Waals surface area contributed by atoms with E-state index in [2.05, 4.69) is 12.1 Å². The first-order valence-corrected chi connectivity index (χ1v) is 7.23. The minimum Gasteiger partial charge on any atom is -0.489 e. The van der Waals surface area contributed by atoms with Crippen LogP contribution in [-0.2, 0) is 13.0 Å². The topological polar surface area (TPSA) is 35.2 Å². The molecule has 0 aliphatic rings. The zero-order valence-electron chi connectivity index (χ0n) is 11.7. The first-order valence-electron chi connectivity index (χ1n) is 6.85. The smallest absolute Gasteiger partial charge is 0.120 e. The highest BCUT2D eigenvalue weighted by molar-refractivity contribution is 6.30. The summed E-state index contributed by atoms with van der Waals surface area (Å²) in [6.07, 6.45) is 1.96. The van der Waals surface area contributed by atoms with Crippen LogP contribution in [0.2, 0.25) is 5.02 Å². The Labute approximate surface area is 125 Å². The monoisotopic (exact) mass is 289 g/mol. The molecule has 0 amide bonds.